The van der Waals surface area contributed by atoms with Gasteiger partial charge in [-0.05, 0) is 30.0 Å². The highest BCUT2D eigenvalue weighted by atomic mass is 19.2. The highest BCUT2D eigenvalue weighted by molar-refractivity contribution is 5.78. The van der Waals surface area contributed by atoms with Gasteiger partial charge in [0, 0.05) is 26.2 Å². The van der Waals surface area contributed by atoms with Crippen LogP contribution in [0, 0.1) is 36.0 Å². The molecule has 0 aromatic heterocycles. The summed E-state index contributed by atoms with van der Waals surface area (Å²) in [4.78, 5) is 15.0. The van der Waals surface area contributed by atoms with Crippen molar-refractivity contribution in [3.8, 4) is 5.75 Å². The Bertz CT molecular complexity index is 959. The maximum absolute atomic E-state index is 14.0. The average molecular weight is 442 g/mol. The number of rotatable bonds is 5. The van der Waals surface area contributed by atoms with Gasteiger partial charge in [0.1, 0.15) is 11.4 Å². The lowest BCUT2D eigenvalue weighted by molar-refractivity contribution is -0.133. The second-order valence-electron chi connectivity index (χ2n) is 7.77. The van der Waals surface area contributed by atoms with E-state index in [0.717, 1.165) is 16.0 Å². The minimum Gasteiger partial charge on any atom is -0.483 e. The molecule has 0 saturated carbocycles. The molecule has 9 heteroatoms. The number of amides is 1. The number of ether oxygens (including phenoxy) is 1. The Hall–Kier alpha value is -2.84. The van der Waals surface area contributed by atoms with Crippen LogP contribution in [0.15, 0.2) is 18.2 Å². The number of carbonyl (C=O) groups is 1. The first-order valence-corrected chi connectivity index (χ1v) is 9.89. The van der Waals surface area contributed by atoms with Crippen LogP contribution in [0.5, 0.6) is 5.75 Å². The number of aryl methyl sites for hydroxylation is 1. The van der Waals surface area contributed by atoms with Crippen molar-refractivity contribution in [1.29, 1.82) is 0 Å². The van der Waals surface area contributed by atoms with E-state index in [0.29, 0.717) is 5.75 Å². The van der Waals surface area contributed by atoms with Crippen molar-refractivity contribution in [1.82, 2.24) is 4.90 Å². The first-order valence-electron chi connectivity index (χ1n) is 9.89. The largest absolute Gasteiger partial charge is 0.483 e. The third-order valence-electron chi connectivity index (χ3n) is 5.28. The SMILES string of the molecule is Cc1ccc(C(C)C)c(OCC(=O)N2CCN(c3c(F)c(F)c(F)c(F)c3F)CC2)c1. The molecule has 0 unspecified atom stereocenters. The molecule has 4 nitrogen and oxygen atoms in total. The highest BCUT2D eigenvalue weighted by Crippen LogP contribution is 2.31. The molecule has 168 valence electrons. The van der Waals surface area contributed by atoms with Gasteiger partial charge in [0.25, 0.3) is 5.91 Å². The Labute approximate surface area is 177 Å². The summed E-state index contributed by atoms with van der Waals surface area (Å²) in [6, 6.07) is 5.76. The number of carbonyl (C=O) groups excluding carboxylic acids is 1. The van der Waals surface area contributed by atoms with E-state index in [9.17, 15) is 26.7 Å². The third kappa shape index (κ3) is 4.60. The normalized spacial score (nSPS) is 14.4. The molecular formula is C22H23F5N2O2. The quantitative estimate of drug-likeness (QED) is 0.387. The number of nitrogens with zero attached hydrogens (tertiary/aromatic N) is 2. The third-order valence-corrected chi connectivity index (χ3v) is 5.28. The monoisotopic (exact) mass is 442 g/mol. The van der Waals surface area contributed by atoms with Gasteiger partial charge in [0.05, 0.1) is 0 Å². The smallest absolute Gasteiger partial charge is 0.260 e. The van der Waals surface area contributed by atoms with Crippen molar-refractivity contribution in [3.05, 3.63) is 58.4 Å². The summed E-state index contributed by atoms with van der Waals surface area (Å²) >= 11 is 0. The van der Waals surface area contributed by atoms with Crippen LogP contribution in [0.1, 0.15) is 30.9 Å². The van der Waals surface area contributed by atoms with Gasteiger partial charge < -0.3 is 14.5 Å². The lowest BCUT2D eigenvalue weighted by Gasteiger charge is -2.36. The van der Waals surface area contributed by atoms with Crippen LogP contribution in [0.3, 0.4) is 0 Å². The molecule has 31 heavy (non-hydrogen) atoms. The molecule has 1 amide bonds. The molecule has 0 atom stereocenters. The summed E-state index contributed by atoms with van der Waals surface area (Å²) in [7, 11) is 0. The first-order chi connectivity index (χ1) is 14.6. The Kier molecular flexibility index (Phi) is 6.71. The lowest BCUT2D eigenvalue weighted by Crippen LogP contribution is -2.50. The minimum atomic E-state index is -2.19. The first kappa shape index (κ1) is 22.8. The molecule has 0 bridgehead atoms. The number of benzene rings is 2. The van der Waals surface area contributed by atoms with Gasteiger partial charge in [-0.2, -0.15) is 0 Å². The maximum atomic E-state index is 14.0. The number of halogens is 5. The van der Waals surface area contributed by atoms with Crippen molar-refractivity contribution in [2.24, 2.45) is 0 Å². The van der Waals surface area contributed by atoms with Gasteiger partial charge in [0.2, 0.25) is 5.82 Å². The van der Waals surface area contributed by atoms with Gasteiger partial charge in [0.15, 0.2) is 29.9 Å². The van der Waals surface area contributed by atoms with Crippen molar-refractivity contribution in [2.75, 3.05) is 37.7 Å². The number of hydrogen-bond donors (Lipinski definition) is 0. The molecule has 1 aliphatic rings. The number of hydrogen-bond acceptors (Lipinski definition) is 3. The molecule has 0 aliphatic carbocycles. The molecule has 0 spiro atoms. The molecule has 1 aliphatic heterocycles. The van der Waals surface area contributed by atoms with Gasteiger partial charge in [-0.25, -0.2) is 22.0 Å². The average Bonchev–Trinajstić information content (AvgIpc) is 2.75. The summed E-state index contributed by atoms with van der Waals surface area (Å²) in [5.41, 5.74) is 0.985. The Morgan fingerprint density at radius 1 is 0.935 bits per heavy atom. The summed E-state index contributed by atoms with van der Waals surface area (Å²) in [6.45, 7) is 5.69. The molecule has 2 aromatic carbocycles. The summed E-state index contributed by atoms with van der Waals surface area (Å²) < 4.78 is 74.0. The van der Waals surface area contributed by atoms with E-state index < -0.39 is 34.8 Å². The number of piperazine rings is 1. The van der Waals surface area contributed by atoms with E-state index in [4.69, 9.17) is 4.74 Å². The summed E-state index contributed by atoms with van der Waals surface area (Å²) in [5, 5.41) is 0. The van der Waals surface area contributed by atoms with E-state index in [-0.39, 0.29) is 44.6 Å². The zero-order valence-electron chi connectivity index (χ0n) is 17.4. The molecule has 1 saturated heterocycles. The van der Waals surface area contributed by atoms with E-state index in [1.54, 1.807) is 0 Å². The van der Waals surface area contributed by atoms with Gasteiger partial charge in [-0.15, -0.1) is 0 Å². The Morgan fingerprint density at radius 3 is 2.03 bits per heavy atom. The van der Waals surface area contributed by atoms with E-state index >= 15 is 0 Å². The maximum Gasteiger partial charge on any atom is 0.260 e. The van der Waals surface area contributed by atoms with Crippen LogP contribution in [-0.4, -0.2) is 43.6 Å². The fraction of sp³-hybridized carbons (Fsp3) is 0.409. The summed E-state index contributed by atoms with van der Waals surface area (Å²) in [6.07, 6.45) is 0. The predicted octanol–water partition coefficient (Wildman–Crippen LogP) is 4.54. The van der Waals surface area contributed by atoms with Crippen molar-refractivity contribution in [3.63, 3.8) is 0 Å². The zero-order valence-corrected chi connectivity index (χ0v) is 17.4. The van der Waals surface area contributed by atoms with E-state index in [2.05, 4.69) is 0 Å². The van der Waals surface area contributed by atoms with E-state index in [1.807, 2.05) is 39.0 Å². The molecule has 1 fully saturated rings. The number of anilines is 1. The molecule has 0 radical (unpaired) electrons. The fourth-order valence-electron chi connectivity index (χ4n) is 3.52. The van der Waals surface area contributed by atoms with Crippen LogP contribution in [-0.2, 0) is 4.79 Å². The Balaban J connectivity index is 1.65. The predicted molar refractivity (Wildman–Crippen MR) is 106 cm³/mol. The van der Waals surface area contributed by atoms with Crippen LogP contribution < -0.4 is 9.64 Å². The van der Waals surface area contributed by atoms with Crippen LogP contribution in [0.25, 0.3) is 0 Å². The van der Waals surface area contributed by atoms with Crippen molar-refractivity contribution < 1.29 is 31.5 Å². The fourth-order valence-corrected chi connectivity index (χ4v) is 3.52. The molecule has 3 rings (SSSR count). The second kappa shape index (κ2) is 9.11. The van der Waals surface area contributed by atoms with E-state index in [1.165, 1.54) is 4.90 Å². The van der Waals surface area contributed by atoms with Crippen LogP contribution >= 0.6 is 0 Å². The Morgan fingerprint density at radius 2 is 1.48 bits per heavy atom. The molecule has 1 heterocycles. The van der Waals surface area contributed by atoms with Gasteiger partial charge >= 0.3 is 0 Å². The van der Waals surface area contributed by atoms with Crippen molar-refractivity contribution in [2.45, 2.75) is 26.7 Å². The lowest BCUT2D eigenvalue weighted by atomic mass is 10.0. The summed E-state index contributed by atoms with van der Waals surface area (Å²) in [5.74, 6) is -9.42. The zero-order chi connectivity index (χ0) is 22.9. The van der Waals surface area contributed by atoms with Gasteiger partial charge in [-0.1, -0.05) is 26.0 Å². The van der Waals surface area contributed by atoms with Crippen LogP contribution in [0.2, 0.25) is 0 Å². The molecule has 0 N–H and O–H groups in total. The second-order valence-corrected chi connectivity index (χ2v) is 7.77. The highest BCUT2D eigenvalue weighted by Gasteiger charge is 2.31. The van der Waals surface area contributed by atoms with Crippen LogP contribution in [0.4, 0.5) is 27.6 Å². The molecule has 2 aromatic rings. The standard InChI is InChI=1S/C22H23F5N2O2/c1-12(2)14-5-4-13(3)10-15(14)31-11-16(30)28-6-8-29(9-7-28)22-20(26)18(24)17(23)19(25)21(22)27/h4-5,10,12H,6-9,11H2,1-3H3. The van der Waals surface area contributed by atoms with Crippen molar-refractivity contribution >= 4 is 11.6 Å². The minimum absolute atomic E-state index is 0.0620. The van der Waals surface area contributed by atoms with Gasteiger partial charge in [-0.3, -0.25) is 4.79 Å². The molecular weight excluding hydrogens is 419 g/mol. The topological polar surface area (TPSA) is 32.8 Å².